The molecule has 0 aliphatic heterocycles. The second-order valence-electron chi connectivity index (χ2n) is 5.38. The molecule has 1 atom stereocenters. The minimum Gasteiger partial charge on any atom is -0.465 e. The molecule has 1 aromatic rings. The molecule has 7 nitrogen and oxygen atoms in total. The number of allylic oxidation sites excluding steroid dienone is 1. The normalized spacial score (nSPS) is 12.1. The number of benzene rings is 1. The molecule has 7 heteroatoms. The molecule has 0 unspecified atom stereocenters. The minimum atomic E-state index is -1.86. The number of hydrogen-bond acceptors (Lipinski definition) is 6. The molecule has 0 aliphatic carbocycles. The van der Waals surface area contributed by atoms with E-state index in [4.69, 9.17) is 9.47 Å². The molecule has 1 rings (SSSR count). The van der Waals surface area contributed by atoms with E-state index in [9.17, 15) is 19.7 Å². The van der Waals surface area contributed by atoms with Gasteiger partial charge in [-0.3, -0.25) is 19.7 Å². The first kappa shape index (κ1) is 20.3. The molecule has 136 valence electrons. The van der Waals surface area contributed by atoms with E-state index in [-0.39, 0.29) is 19.6 Å². The van der Waals surface area contributed by atoms with Gasteiger partial charge >= 0.3 is 11.9 Å². The summed E-state index contributed by atoms with van der Waals surface area (Å²) < 4.78 is 10.2. The van der Waals surface area contributed by atoms with E-state index < -0.39 is 34.7 Å². The zero-order valence-electron chi connectivity index (χ0n) is 14.5. The van der Waals surface area contributed by atoms with Crippen molar-refractivity contribution in [3.05, 3.63) is 58.7 Å². The molecular weight excluding hydrogens is 326 g/mol. The second-order valence-corrected chi connectivity index (χ2v) is 5.38. The van der Waals surface area contributed by atoms with Gasteiger partial charge in [0.1, 0.15) is 0 Å². The number of nitrogens with zero attached hydrogens (tertiary/aromatic N) is 1. The van der Waals surface area contributed by atoms with Crippen LogP contribution in [-0.2, 0) is 19.1 Å². The maximum Gasteiger partial charge on any atom is 0.324 e. The third-order valence-corrected chi connectivity index (χ3v) is 3.87. The van der Waals surface area contributed by atoms with Crippen molar-refractivity contribution in [3.63, 3.8) is 0 Å². The van der Waals surface area contributed by atoms with Crippen LogP contribution in [-0.4, -0.2) is 36.6 Å². The molecule has 0 saturated carbocycles. The van der Waals surface area contributed by atoms with Crippen molar-refractivity contribution >= 4 is 11.9 Å². The molecule has 0 spiro atoms. The van der Waals surface area contributed by atoms with Gasteiger partial charge in [-0.2, -0.15) is 0 Å². The Bertz CT molecular complexity index is 595. The van der Waals surface area contributed by atoms with E-state index in [0.29, 0.717) is 5.56 Å². The zero-order valence-corrected chi connectivity index (χ0v) is 14.5. The highest BCUT2D eigenvalue weighted by Gasteiger charge is 2.56. The summed E-state index contributed by atoms with van der Waals surface area (Å²) >= 11 is 0. The van der Waals surface area contributed by atoms with E-state index in [0.717, 1.165) is 0 Å². The van der Waals surface area contributed by atoms with Crippen LogP contribution in [0.2, 0.25) is 0 Å². The van der Waals surface area contributed by atoms with Crippen LogP contribution in [0.3, 0.4) is 0 Å². The van der Waals surface area contributed by atoms with E-state index in [2.05, 4.69) is 6.58 Å². The fourth-order valence-electron chi connectivity index (χ4n) is 2.80. The molecule has 0 aliphatic rings. The monoisotopic (exact) mass is 349 g/mol. The van der Waals surface area contributed by atoms with Crippen LogP contribution in [0.15, 0.2) is 43.0 Å². The summed E-state index contributed by atoms with van der Waals surface area (Å²) in [6.07, 6.45) is 1.25. The van der Waals surface area contributed by atoms with Crippen LogP contribution in [0.1, 0.15) is 31.7 Å². The molecular formula is C18H23NO6. The van der Waals surface area contributed by atoms with Gasteiger partial charge in [0, 0.05) is 4.92 Å². The third kappa shape index (κ3) is 4.65. The van der Waals surface area contributed by atoms with Crippen molar-refractivity contribution in [3.8, 4) is 0 Å². The average molecular weight is 349 g/mol. The number of carbonyl (C=O) groups is 2. The SMILES string of the molecule is C=CCC(C(=O)OCC)(C(=O)OCC)[C@@H](C[N+](=O)[O-])c1ccccc1. The lowest BCUT2D eigenvalue weighted by molar-refractivity contribution is -0.485. The topological polar surface area (TPSA) is 95.7 Å². The third-order valence-electron chi connectivity index (χ3n) is 3.87. The molecule has 1 aromatic carbocycles. The molecule has 0 amide bonds. The maximum atomic E-state index is 12.8. The Morgan fingerprint density at radius 2 is 1.72 bits per heavy atom. The summed E-state index contributed by atoms with van der Waals surface area (Å²) in [6.45, 7) is 6.27. The largest absolute Gasteiger partial charge is 0.465 e. The highest BCUT2D eigenvalue weighted by atomic mass is 16.6. The number of esters is 2. The van der Waals surface area contributed by atoms with E-state index in [1.165, 1.54) is 6.08 Å². The average Bonchev–Trinajstić information content (AvgIpc) is 2.58. The summed E-state index contributed by atoms with van der Waals surface area (Å²) in [5.74, 6) is -2.73. The van der Waals surface area contributed by atoms with Crippen LogP contribution < -0.4 is 0 Å². The number of carbonyl (C=O) groups excluding carboxylic acids is 2. The van der Waals surface area contributed by atoms with Crippen LogP contribution in [0.25, 0.3) is 0 Å². The van der Waals surface area contributed by atoms with Crippen molar-refractivity contribution in [2.45, 2.75) is 26.2 Å². The van der Waals surface area contributed by atoms with Crippen molar-refractivity contribution in [2.75, 3.05) is 19.8 Å². The molecule has 0 N–H and O–H groups in total. The number of nitro groups is 1. The van der Waals surface area contributed by atoms with Crippen LogP contribution >= 0.6 is 0 Å². The molecule has 0 bridgehead atoms. The number of hydrogen-bond donors (Lipinski definition) is 0. The first-order valence-corrected chi connectivity index (χ1v) is 8.06. The minimum absolute atomic E-state index is 0.0388. The van der Waals surface area contributed by atoms with Gasteiger partial charge in [0.25, 0.3) is 0 Å². The molecule has 0 radical (unpaired) electrons. The lowest BCUT2D eigenvalue weighted by Gasteiger charge is -2.33. The summed E-state index contributed by atoms with van der Waals surface area (Å²) in [7, 11) is 0. The zero-order chi connectivity index (χ0) is 18.9. The van der Waals surface area contributed by atoms with Crippen LogP contribution in [0, 0.1) is 15.5 Å². The Balaban J connectivity index is 3.59. The van der Waals surface area contributed by atoms with Gasteiger partial charge in [-0.15, -0.1) is 6.58 Å². The maximum absolute atomic E-state index is 12.8. The number of ether oxygens (including phenoxy) is 2. The Morgan fingerprint density at radius 1 is 1.20 bits per heavy atom. The highest BCUT2D eigenvalue weighted by Crippen LogP contribution is 2.42. The smallest absolute Gasteiger partial charge is 0.324 e. The summed E-state index contributed by atoms with van der Waals surface area (Å²) in [6, 6.07) is 8.42. The Hall–Kier alpha value is -2.70. The first-order chi connectivity index (χ1) is 11.9. The quantitative estimate of drug-likeness (QED) is 0.212. The number of rotatable bonds is 10. The van der Waals surface area contributed by atoms with Gasteiger partial charge in [0.15, 0.2) is 5.41 Å². The van der Waals surface area contributed by atoms with Gasteiger partial charge in [-0.25, -0.2) is 0 Å². The Morgan fingerprint density at radius 3 is 2.12 bits per heavy atom. The first-order valence-electron chi connectivity index (χ1n) is 8.06. The molecule has 0 fully saturated rings. The van der Waals surface area contributed by atoms with Crippen molar-refractivity contribution < 1.29 is 24.0 Å². The molecule has 0 aromatic heterocycles. The fraction of sp³-hybridized carbons (Fsp3) is 0.444. The van der Waals surface area contributed by atoms with Gasteiger partial charge in [-0.05, 0) is 25.8 Å². The molecule has 0 saturated heterocycles. The van der Waals surface area contributed by atoms with E-state index in [1.807, 2.05) is 0 Å². The lowest BCUT2D eigenvalue weighted by atomic mass is 9.69. The van der Waals surface area contributed by atoms with E-state index in [1.54, 1.807) is 44.2 Å². The Labute approximate surface area is 146 Å². The van der Waals surface area contributed by atoms with Gasteiger partial charge in [0.05, 0.1) is 19.1 Å². The van der Waals surface area contributed by atoms with Gasteiger partial charge in [-0.1, -0.05) is 36.4 Å². The predicted octanol–water partition coefficient (Wildman–Crippen LogP) is 2.74. The van der Waals surface area contributed by atoms with Gasteiger partial charge < -0.3 is 9.47 Å². The molecule has 0 heterocycles. The summed E-state index contributed by atoms with van der Waals surface area (Å²) in [5.41, 5.74) is -1.37. The predicted molar refractivity (Wildman–Crippen MR) is 91.6 cm³/mol. The van der Waals surface area contributed by atoms with Gasteiger partial charge in [0.2, 0.25) is 6.54 Å². The standard InChI is InChI=1S/C18H23NO6/c1-4-12-18(16(20)24-5-2,17(21)25-6-3)15(13-19(22)23)14-10-8-7-9-11-14/h4,7-11,15H,1,5-6,12-13H2,2-3H3/t15-/m0/s1. The van der Waals surface area contributed by atoms with Crippen molar-refractivity contribution in [1.82, 2.24) is 0 Å². The fourth-order valence-corrected chi connectivity index (χ4v) is 2.80. The van der Waals surface area contributed by atoms with Crippen molar-refractivity contribution in [2.24, 2.45) is 5.41 Å². The summed E-state index contributed by atoms with van der Waals surface area (Å²) in [4.78, 5) is 36.3. The summed E-state index contributed by atoms with van der Waals surface area (Å²) in [5, 5.41) is 11.3. The van der Waals surface area contributed by atoms with Crippen molar-refractivity contribution in [1.29, 1.82) is 0 Å². The highest BCUT2D eigenvalue weighted by molar-refractivity contribution is 6.01. The second kappa shape index (κ2) is 9.56. The van der Waals surface area contributed by atoms with E-state index >= 15 is 0 Å². The van der Waals surface area contributed by atoms with Crippen LogP contribution in [0.4, 0.5) is 0 Å². The Kier molecular flexibility index (Phi) is 7.78. The van der Waals surface area contributed by atoms with Crippen LogP contribution in [0.5, 0.6) is 0 Å². The molecule has 25 heavy (non-hydrogen) atoms. The lowest BCUT2D eigenvalue weighted by Crippen LogP contribution is -2.48.